The normalized spacial score (nSPS) is 15.6. The number of aromatic nitrogens is 2. The molecule has 32 heavy (non-hydrogen) atoms. The van der Waals surface area contributed by atoms with E-state index in [0.29, 0.717) is 23.4 Å². The zero-order valence-corrected chi connectivity index (χ0v) is 19.5. The van der Waals surface area contributed by atoms with Crippen molar-refractivity contribution < 1.29 is 19.0 Å². The number of carbonyl (C=O) groups excluding carboxylic acids is 1. The number of methoxy groups -OCH3 is 3. The number of aryl methyl sites for hydroxylation is 1. The van der Waals surface area contributed by atoms with E-state index in [1.165, 1.54) is 7.11 Å². The fourth-order valence-corrected chi connectivity index (χ4v) is 4.07. The van der Waals surface area contributed by atoms with E-state index in [0.717, 1.165) is 35.0 Å². The minimum atomic E-state index is -0.251. The maximum atomic E-state index is 12.5. The van der Waals surface area contributed by atoms with Gasteiger partial charge in [0.1, 0.15) is 17.5 Å². The van der Waals surface area contributed by atoms with Crippen LogP contribution in [0.5, 0.6) is 11.5 Å². The maximum absolute atomic E-state index is 12.5. The average molecular weight is 458 g/mol. The number of benzene rings is 1. The summed E-state index contributed by atoms with van der Waals surface area (Å²) >= 11 is 0. The molecule has 170 valence electrons. The molecule has 0 amide bonds. The van der Waals surface area contributed by atoms with Crippen molar-refractivity contribution in [3.8, 4) is 22.6 Å². The first-order valence-electron chi connectivity index (χ1n) is 9.99. The fraction of sp³-hybridized carbons (Fsp3) is 0.348. The van der Waals surface area contributed by atoms with Crippen molar-refractivity contribution in [3.05, 3.63) is 52.7 Å². The predicted molar refractivity (Wildman–Crippen MR) is 127 cm³/mol. The van der Waals surface area contributed by atoms with Crippen molar-refractivity contribution in [1.29, 1.82) is 0 Å². The molecular weight excluding hydrogens is 430 g/mol. The van der Waals surface area contributed by atoms with E-state index in [1.54, 1.807) is 44.4 Å². The Balaban J connectivity index is 0.00000289. The van der Waals surface area contributed by atoms with E-state index in [-0.39, 0.29) is 31.1 Å². The van der Waals surface area contributed by atoms with Crippen LogP contribution in [0.15, 0.2) is 41.6 Å². The summed E-state index contributed by atoms with van der Waals surface area (Å²) < 4.78 is 17.9. The van der Waals surface area contributed by atoms with Crippen LogP contribution in [0.3, 0.4) is 0 Å². The maximum Gasteiger partial charge on any atom is 0.323 e. The number of carbonyl (C=O) groups is 1. The summed E-state index contributed by atoms with van der Waals surface area (Å²) in [6.07, 6.45) is 5.83. The molecule has 9 heteroatoms. The third-order valence-electron chi connectivity index (χ3n) is 5.87. The molecule has 0 aliphatic carbocycles. The molecule has 4 rings (SSSR count). The minimum Gasteiger partial charge on any atom is -0.496 e. The van der Waals surface area contributed by atoms with Gasteiger partial charge in [-0.3, -0.25) is 19.5 Å². The predicted octanol–water partition coefficient (Wildman–Crippen LogP) is 2.48. The minimum absolute atomic E-state index is 0. The molecule has 0 radical (unpaired) electrons. The van der Waals surface area contributed by atoms with Gasteiger partial charge in [0.05, 0.1) is 32.3 Å². The number of pyridine rings is 2. The molecule has 1 atom stereocenters. The van der Waals surface area contributed by atoms with Gasteiger partial charge in [0, 0.05) is 44.3 Å². The molecule has 0 spiro atoms. The highest BCUT2D eigenvalue weighted by Crippen LogP contribution is 2.38. The van der Waals surface area contributed by atoms with Crippen LogP contribution in [-0.4, -0.2) is 54.3 Å². The largest absolute Gasteiger partial charge is 0.496 e. The number of likely N-dealkylation sites (tertiary alicyclic amines) is 1. The summed E-state index contributed by atoms with van der Waals surface area (Å²) in [5, 5.41) is 1.36. The summed E-state index contributed by atoms with van der Waals surface area (Å²) in [6.45, 7) is 1.30. The van der Waals surface area contributed by atoms with Crippen molar-refractivity contribution in [2.75, 3.05) is 27.9 Å². The lowest BCUT2D eigenvalue weighted by Gasteiger charge is -2.39. The Morgan fingerprint density at radius 2 is 1.84 bits per heavy atom. The van der Waals surface area contributed by atoms with Crippen LogP contribution in [0.2, 0.25) is 0 Å². The molecule has 0 bridgehead atoms. The van der Waals surface area contributed by atoms with Crippen molar-refractivity contribution in [1.82, 2.24) is 14.5 Å². The van der Waals surface area contributed by atoms with Crippen molar-refractivity contribution in [3.63, 3.8) is 0 Å². The second-order valence-electron chi connectivity index (χ2n) is 7.54. The van der Waals surface area contributed by atoms with Gasteiger partial charge in [-0.05, 0) is 35.6 Å². The van der Waals surface area contributed by atoms with E-state index < -0.39 is 0 Å². The fourth-order valence-electron chi connectivity index (χ4n) is 4.07. The molecule has 8 nitrogen and oxygen atoms in total. The smallest absolute Gasteiger partial charge is 0.323 e. The quantitative estimate of drug-likeness (QED) is 0.526. The first-order valence-corrected chi connectivity index (χ1v) is 9.99. The molecule has 3 heterocycles. The Labute approximate surface area is 193 Å². The van der Waals surface area contributed by atoms with Gasteiger partial charge in [0.25, 0.3) is 5.56 Å². The van der Waals surface area contributed by atoms with Crippen LogP contribution in [0.4, 0.5) is 0 Å². The average Bonchev–Trinajstić information content (AvgIpc) is 2.78. The van der Waals surface area contributed by atoms with Crippen molar-refractivity contribution >= 4 is 30.2 Å². The summed E-state index contributed by atoms with van der Waals surface area (Å²) in [6, 6.07) is 5.45. The van der Waals surface area contributed by atoms with E-state index in [4.69, 9.17) is 14.2 Å². The Morgan fingerprint density at radius 1 is 1.16 bits per heavy atom. The van der Waals surface area contributed by atoms with E-state index in [1.807, 2.05) is 23.1 Å². The third kappa shape index (κ3) is 4.05. The molecular formula is C23H27N3O5S. The lowest BCUT2D eigenvalue weighted by Crippen LogP contribution is -2.52. The molecule has 3 aromatic rings. The standard InChI is InChI=1S/C23H25N3O5.H2S/c1-25-12-17(15-5-7-24-11-16(15)22(25)27)14-9-20(29-2)18(21(10-14)30-3)13-26-8-6-19(26)23(28)31-4;/h5,7,9-12,19H,6,8,13H2,1-4H3;1H2/t19-;/m0./s1. The van der Waals surface area contributed by atoms with E-state index in [9.17, 15) is 9.59 Å². The van der Waals surface area contributed by atoms with Crippen LogP contribution in [0, 0.1) is 0 Å². The van der Waals surface area contributed by atoms with Crippen molar-refractivity contribution in [2.24, 2.45) is 7.05 Å². The zero-order valence-electron chi connectivity index (χ0n) is 18.5. The van der Waals surface area contributed by atoms with Crippen LogP contribution < -0.4 is 15.0 Å². The number of hydrogen-bond donors (Lipinski definition) is 0. The van der Waals surface area contributed by atoms with Gasteiger partial charge in [-0.1, -0.05) is 0 Å². The monoisotopic (exact) mass is 457 g/mol. The number of hydrogen-bond acceptors (Lipinski definition) is 7. The number of nitrogens with zero attached hydrogens (tertiary/aromatic N) is 3. The summed E-state index contributed by atoms with van der Waals surface area (Å²) in [5.74, 6) is 1.08. The zero-order chi connectivity index (χ0) is 22.1. The molecule has 1 fully saturated rings. The summed E-state index contributed by atoms with van der Waals surface area (Å²) in [5.41, 5.74) is 2.49. The number of rotatable bonds is 6. The third-order valence-corrected chi connectivity index (χ3v) is 5.87. The van der Waals surface area contributed by atoms with Crippen LogP contribution in [-0.2, 0) is 23.1 Å². The van der Waals surface area contributed by atoms with E-state index in [2.05, 4.69) is 4.98 Å². The first kappa shape index (κ1) is 23.6. The lowest BCUT2D eigenvalue weighted by molar-refractivity contribution is -0.152. The Morgan fingerprint density at radius 3 is 2.41 bits per heavy atom. The second-order valence-corrected chi connectivity index (χ2v) is 7.54. The molecule has 2 aromatic heterocycles. The van der Waals surface area contributed by atoms with Gasteiger partial charge in [-0.15, -0.1) is 0 Å². The molecule has 1 aromatic carbocycles. The molecule has 1 aliphatic rings. The Kier molecular flexibility index (Phi) is 7.10. The highest BCUT2D eigenvalue weighted by atomic mass is 32.1. The van der Waals surface area contributed by atoms with Gasteiger partial charge < -0.3 is 18.8 Å². The first-order chi connectivity index (χ1) is 15.0. The van der Waals surface area contributed by atoms with Gasteiger partial charge in [0.2, 0.25) is 0 Å². The molecule has 0 N–H and O–H groups in total. The number of fused-ring (bicyclic) bond motifs is 1. The summed E-state index contributed by atoms with van der Waals surface area (Å²) in [7, 11) is 6.34. The van der Waals surface area contributed by atoms with Crippen LogP contribution in [0.25, 0.3) is 21.9 Å². The molecule has 1 saturated heterocycles. The molecule has 1 aliphatic heterocycles. The highest BCUT2D eigenvalue weighted by molar-refractivity contribution is 7.59. The van der Waals surface area contributed by atoms with Gasteiger partial charge in [-0.25, -0.2) is 0 Å². The van der Waals surface area contributed by atoms with Gasteiger partial charge in [-0.2, -0.15) is 13.5 Å². The lowest BCUT2D eigenvalue weighted by atomic mass is 9.97. The number of esters is 1. The highest BCUT2D eigenvalue weighted by Gasteiger charge is 2.36. The van der Waals surface area contributed by atoms with Gasteiger partial charge >= 0.3 is 5.97 Å². The van der Waals surface area contributed by atoms with Crippen molar-refractivity contribution in [2.45, 2.75) is 19.0 Å². The second kappa shape index (κ2) is 9.62. The van der Waals surface area contributed by atoms with E-state index >= 15 is 0 Å². The topological polar surface area (TPSA) is 82.9 Å². The molecule has 0 unspecified atom stereocenters. The molecule has 0 saturated carbocycles. The van der Waals surface area contributed by atoms with Gasteiger partial charge in [0.15, 0.2) is 0 Å². The van der Waals surface area contributed by atoms with Crippen LogP contribution >= 0.6 is 13.5 Å². The van der Waals surface area contributed by atoms with Crippen LogP contribution in [0.1, 0.15) is 12.0 Å². The SMILES string of the molecule is COC(=O)[C@@H]1CCN1Cc1c(OC)cc(-c2cn(C)c(=O)c3cnccc23)cc1OC.S. The Hall–Kier alpha value is -3.04. The summed E-state index contributed by atoms with van der Waals surface area (Å²) in [4.78, 5) is 30.6. The number of ether oxygens (including phenoxy) is 3. The Bertz CT molecular complexity index is 1180.